The van der Waals surface area contributed by atoms with Crippen molar-refractivity contribution in [1.29, 1.82) is 0 Å². The number of H-pyrrole nitrogens is 1. The van der Waals surface area contributed by atoms with Crippen LogP contribution in [-0.2, 0) is 16.4 Å². The number of amides is 1. The van der Waals surface area contributed by atoms with Gasteiger partial charge in [0.1, 0.15) is 22.9 Å². The second-order valence-corrected chi connectivity index (χ2v) is 20.9. The molecule has 0 unspecified atom stereocenters. The van der Waals surface area contributed by atoms with Gasteiger partial charge in [-0.15, -0.1) is 0 Å². The Bertz CT molecular complexity index is 2700. The first-order valence-corrected chi connectivity index (χ1v) is 24.3. The summed E-state index contributed by atoms with van der Waals surface area (Å²) >= 11 is 6.25. The number of carbonyl (C=O) groups is 1. The first-order chi connectivity index (χ1) is 30.8. The zero-order chi connectivity index (χ0) is 44.6. The number of aromatic amines is 1. The fourth-order valence-corrected chi connectivity index (χ4v) is 11.2. The average Bonchev–Trinajstić information content (AvgIpc) is 3.75. The second-order valence-electron chi connectivity index (χ2n) is 18.8. The van der Waals surface area contributed by atoms with Gasteiger partial charge in [-0.2, -0.15) is 0 Å². The van der Waals surface area contributed by atoms with Gasteiger partial charge < -0.3 is 19.4 Å². The highest BCUT2D eigenvalue weighted by Gasteiger charge is 2.34. The molecule has 64 heavy (non-hydrogen) atoms. The molecular formula is C49H55ClN6O7S. The van der Waals surface area contributed by atoms with Crippen molar-refractivity contribution in [3.8, 4) is 17.2 Å². The molecule has 1 saturated heterocycles. The van der Waals surface area contributed by atoms with Crippen LogP contribution >= 0.6 is 11.6 Å². The molecule has 2 aromatic heterocycles. The summed E-state index contributed by atoms with van der Waals surface area (Å²) < 4.78 is 42.4. The molecule has 3 aromatic carbocycles. The van der Waals surface area contributed by atoms with Crippen LogP contribution in [0.4, 0.5) is 11.4 Å². The van der Waals surface area contributed by atoms with Crippen LogP contribution in [0.3, 0.4) is 0 Å². The van der Waals surface area contributed by atoms with Gasteiger partial charge in [0.2, 0.25) is 0 Å². The van der Waals surface area contributed by atoms with Gasteiger partial charge in [-0.1, -0.05) is 75.3 Å². The topological polar surface area (TPSA) is 160 Å². The van der Waals surface area contributed by atoms with E-state index in [2.05, 4.69) is 50.5 Å². The number of fused-ring (bicyclic) bond motifs is 2. The van der Waals surface area contributed by atoms with Crippen molar-refractivity contribution in [3.05, 3.63) is 117 Å². The molecule has 5 aromatic rings. The molecule has 2 aliphatic carbocycles. The molecule has 4 aliphatic rings. The van der Waals surface area contributed by atoms with Crippen LogP contribution < -0.4 is 19.1 Å². The van der Waals surface area contributed by atoms with Gasteiger partial charge in [-0.25, -0.2) is 18.1 Å². The summed E-state index contributed by atoms with van der Waals surface area (Å²) in [6.07, 6.45) is 13.8. The van der Waals surface area contributed by atoms with Gasteiger partial charge in [0.05, 0.1) is 33.7 Å². The number of hydrogen-bond acceptors (Lipinski definition) is 10. The molecule has 4 heterocycles. The Morgan fingerprint density at radius 1 is 1.02 bits per heavy atom. The molecule has 1 amide bonds. The highest BCUT2D eigenvalue weighted by Crippen LogP contribution is 2.44. The van der Waals surface area contributed by atoms with Crippen LogP contribution in [0.2, 0.25) is 5.02 Å². The molecule has 15 heteroatoms. The molecule has 2 fully saturated rings. The maximum atomic E-state index is 14.1. The Morgan fingerprint density at radius 3 is 2.56 bits per heavy atom. The number of halogens is 1. The monoisotopic (exact) mass is 906 g/mol. The van der Waals surface area contributed by atoms with Gasteiger partial charge in [-0.3, -0.25) is 19.8 Å². The van der Waals surface area contributed by atoms with Crippen LogP contribution in [0.25, 0.3) is 16.6 Å². The third-order valence-corrected chi connectivity index (χ3v) is 15.2. The number of nitrogens with zero attached hydrogens (tertiary/aromatic N) is 4. The van der Waals surface area contributed by atoms with Crippen molar-refractivity contribution in [2.24, 2.45) is 17.3 Å². The van der Waals surface area contributed by atoms with Gasteiger partial charge in [0, 0.05) is 73.2 Å². The molecule has 0 spiro atoms. The number of sulfonamides is 1. The van der Waals surface area contributed by atoms with Gasteiger partial charge in [-0.05, 0) is 96.9 Å². The zero-order valence-electron chi connectivity index (χ0n) is 36.4. The predicted octanol–water partition coefficient (Wildman–Crippen LogP) is 10.3. The summed E-state index contributed by atoms with van der Waals surface area (Å²) in [5.74, 6) is 0.375. The number of piperazine rings is 1. The molecule has 2 aliphatic heterocycles. The van der Waals surface area contributed by atoms with Crippen LogP contribution in [-0.4, -0.2) is 73.4 Å². The number of anilines is 1. The minimum Gasteiger partial charge on any atom is -0.493 e. The van der Waals surface area contributed by atoms with Gasteiger partial charge in [0.15, 0.2) is 0 Å². The Kier molecular flexibility index (Phi) is 12.5. The minimum atomic E-state index is -4.61. The standard InChI is InChI=1S/C49H55ClN6O7S/c1-49(2)16-14-36(43(28-49)34-8-10-37(50)11-9-34)30-54-18-20-55(21-19-54)38-12-13-41(46(25-38)63-39-24-35-15-17-51-47(35)52-29-39)48(57)53-64(60,61)40-26-44(56(58)59)42-23-33(31-62-45(42)27-40)22-32-6-4-3-5-7-32/h8-13,15,17,24-27,29,32-33H,3-7,14,16,18-23,28,30-31H2,1-2H3,(H,51,52)(H,53,57)/t33-/m0/s1. The Hall–Kier alpha value is -5.44. The number of rotatable bonds is 12. The van der Waals surface area contributed by atoms with E-state index in [1.807, 2.05) is 18.2 Å². The van der Waals surface area contributed by atoms with E-state index in [0.717, 1.165) is 93.4 Å². The quantitative estimate of drug-likeness (QED) is 0.0911. The minimum absolute atomic E-state index is 0.0312. The summed E-state index contributed by atoms with van der Waals surface area (Å²) in [4.78, 5) is 37.7. The maximum absolute atomic E-state index is 14.1. The smallest absolute Gasteiger partial charge is 0.277 e. The third-order valence-electron chi connectivity index (χ3n) is 13.6. The lowest BCUT2D eigenvalue weighted by Gasteiger charge is -2.39. The van der Waals surface area contributed by atoms with E-state index in [9.17, 15) is 23.3 Å². The summed E-state index contributed by atoms with van der Waals surface area (Å²) in [7, 11) is -4.61. The highest BCUT2D eigenvalue weighted by molar-refractivity contribution is 7.90. The van der Waals surface area contributed by atoms with Gasteiger partial charge >= 0.3 is 0 Å². The highest BCUT2D eigenvalue weighted by atomic mass is 35.5. The van der Waals surface area contributed by atoms with Crippen molar-refractivity contribution < 1.29 is 27.6 Å². The number of carbonyl (C=O) groups excluding carboxylic acids is 1. The fourth-order valence-electron chi connectivity index (χ4n) is 10.1. The van der Waals surface area contributed by atoms with Crippen LogP contribution in [0, 0.1) is 27.4 Å². The number of pyridine rings is 1. The van der Waals surface area contributed by atoms with Crippen LogP contribution in [0.5, 0.6) is 17.2 Å². The van der Waals surface area contributed by atoms with Gasteiger partial charge in [0.25, 0.3) is 21.6 Å². The van der Waals surface area contributed by atoms with Crippen LogP contribution in [0.1, 0.15) is 93.1 Å². The van der Waals surface area contributed by atoms with E-state index < -0.39 is 25.7 Å². The number of nitrogens with one attached hydrogen (secondary N) is 2. The van der Waals surface area contributed by atoms with Crippen molar-refractivity contribution in [2.45, 2.75) is 83.0 Å². The molecule has 0 radical (unpaired) electrons. The third kappa shape index (κ3) is 9.79. The van der Waals surface area contributed by atoms with E-state index in [-0.39, 0.29) is 34.1 Å². The van der Waals surface area contributed by atoms with Crippen molar-refractivity contribution in [3.63, 3.8) is 0 Å². The molecule has 9 rings (SSSR count). The lowest BCUT2D eigenvalue weighted by molar-refractivity contribution is -0.386. The fraction of sp³-hybridized carbons (Fsp3) is 0.429. The predicted molar refractivity (Wildman–Crippen MR) is 249 cm³/mol. The van der Waals surface area contributed by atoms with E-state index in [1.165, 1.54) is 48.2 Å². The zero-order valence-corrected chi connectivity index (χ0v) is 38.0. The Balaban J connectivity index is 0.938. The van der Waals surface area contributed by atoms with E-state index in [0.29, 0.717) is 35.9 Å². The number of allylic oxidation sites excluding steroid dienone is 1. The Morgan fingerprint density at radius 2 is 1.80 bits per heavy atom. The SMILES string of the molecule is CC1(C)CCC(CN2CCN(c3ccc(C(=O)NS(=O)(=O)c4cc5c(c([N+](=O)[O-])c4)C[C@H](CC4CCCCC4)CO5)c(Oc4cnc5[nH]ccc5c4)c3)CC2)=C(c2ccc(Cl)cc2)C1. The Labute approximate surface area is 379 Å². The summed E-state index contributed by atoms with van der Waals surface area (Å²) in [5, 5.41) is 13.9. The first kappa shape index (κ1) is 43.8. The number of ether oxygens (including phenoxy) is 2. The van der Waals surface area contributed by atoms with E-state index in [1.54, 1.807) is 30.5 Å². The van der Waals surface area contributed by atoms with E-state index >= 15 is 0 Å². The second kappa shape index (κ2) is 18.2. The number of hydrogen-bond donors (Lipinski definition) is 2. The molecule has 0 bridgehead atoms. The first-order valence-electron chi connectivity index (χ1n) is 22.5. The lowest BCUT2D eigenvalue weighted by Crippen LogP contribution is -2.47. The summed E-state index contributed by atoms with van der Waals surface area (Å²) in [6.45, 7) is 9.01. The summed E-state index contributed by atoms with van der Waals surface area (Å²) in [5.41, 5.74) is 5.85. The summed E-state index contributed by atoms with van der Waals surface area (Å²) in [6, 6.07) is 19.3. The molecule has 13 nitrogen and oxygen atoms in total. The molecule has 1 saturated carbocycles. The maximum Gasteiger partial charge on any atom is 0.277 e. The number of aromatic nitrogens is 2. The normalized spacial score (nSPS) is 19.5. The number of nitro groups is 1. The number of nitro benzene ring substituents is 1. The van der Waals surface area contributed by atoms with Crippen molar-refractivity contribution in [2.75, 3.05) is 44.2 Å². The molecular weight excluding hydrogens is 852 g/mol. The average molecular weight is 908 g/mol. The van der Waals surface area contributed by atoms with Crippen molar-refractivity contribution in [1.82, 2.24) is 19.6 Å². The number of benzene rings is 3. The van der Waals surface area contributed by atoms with Crippen LogP contribution in [0.15, 0.2) is 89.6 Å². The molecule has 2 N–H and O–H groups in total. The molecule has 1 atom stereocenters. The van der Waals surface area contributed by atoms with E-state index in [4.69, 9.17) is 21.1 Å². The van der Waals surface area contributed by atoms with Crippen molar-refractivity contribution >= 4 is 55.5 Å². The lowest BCUT2D eigenvalue weighted by atomic mass is 9.72. The molecule has 336 valence electrons. The largest absolute Gasteiger partial charge is 0.493 e.